The molecule has 11 heteroatoms. The molecule has 1 saturated heterocycles. The van der Waals surface area contributed by atoms with Gasteiger partial charge in [-0.3, -0.25) is 14.7 Å². The van der Waals surface area contributed by atoms with Gasteiger partial charge in [0.25, 0.3) is 12.4 Å². The number of morpholine rings is 1. The van der Waals surface area contributed by atoms with Gasteiger partial charge in [0.15, 0.2) is 5.82 Å². The van der Waals surface area contributed by atoms with Gasteiger partial charge in [0, 0.05) is 30.9 Å². The third kappa shape index (κ3) is 4.20. The first-order chi connectivity index (χ1) is 13.6. The molecule has 146 valence electrons. The second-order valence-electron chi connectivity index (χ2n) is 5.67. The zero-order valence-corrected chi connectivity index (χ0v) is 14.6. The van der Waals surface area contributed by atoms with Crippen LogP contribution >= 0.6 is 0 Å². The van der Waals surface area contributed by atoms with Crippen molar-refractivity contribution < 1.29 is 23.8 Å². The number of aromatic amines is 1. The smallest absolute Gasteiger partial charge is 0.290 e. The minimum absolute atomic E-state index is 0.247. The molecule has 1 aliphatic rings. The number of anilines is 2. The molecule has 0 unspecified atom stereocenters. The Morgan fingerprint density at radius 3 is 2.64 bits per heavy atom. The van der Waals surface area contributed by atoms with Crippen molar-refractivity contribution in [3.05, 3.63) is 42.0 Å². The number of aromatic nitrogens is 4. The molecule has 0 radical (unpaired) electrons. The Balaban J connectivity index is 0.000000706. The highest BCUT2D eigenvalue weighted by Gasteiger charge is 2.16. The van der Waals surface area contributed by atoms with Crippen LogP contribution in [0.25, 0.3) is 10.9 Å². The molecule has 0 aliphatic carbocycles. The summed E-state index contributed by atoms with van der Waals surface area (Å²) in [4.78, 5) is 31.2. The van der Waals surface area contributed by atoms with E-state index in [0.717, 1.165) is 13.1 Å². The monoisotopic (exact) mass is 388 g/mol. The summed E-state index contributed by atoms with van der Waals surface area (Å²) in [5.74, 6) is -0.0150. The lowest BCUT2D eigenvalue weighted by Gasteiger charge is -2.26. The second-order valence-corrected chi connectivity index (χ2v) is 5.67. The molecule has 3 aromatic rings. The molecule has 1 aliphatic heterocycles. The van der Waals surface area contributed by atoms with Gasteiger partial charge in [-0.1, -0.05) is 6.07 Å². The van der Waals surface area contributed by atoms with E-state index in [1.807, 2.05) is 4.90 Å². The van der Waals surface area contributed by atoms with Crippen LogP contribution in [-0.4, -0.2) is 64.0 Å². The van der Waals surface area contributed by atoms with Crippen LogP contribution in [0.3, 0.4) is 0 Å². The van der Waals surface area contributed by atoms with Crippen molar-refractivity contribution in [3.63, 3.8) is 0 Å². The summed E-state index contributed by atoms with van der Waals surface area (Å²) in [6, 6.07) is 4.56. The summed E-state index contributed by atoms with van der Waals surface area (Å²) >= 11 is 0. The Hall–Kier alpha value is -3.60. The number of rotatable bonds is 3. The minimum atomic E-state index is -0.427. The number of carboxylic acid groups (broad SMARTS) is 1. The van der Waals surface area contributed by atoms with Crippen LogP contribution in [0.5, 0.6) is 0 Å². The number of hydrogen-bond acceptors (Lipinski definition) is 7. The number of amides is 1. The number of para-hydroxylation sites is 1. The highest BCUT2D eigenvalue weighted by Crippen LogP contribution is 2.22. The zero-order chi connectivity index (χ0) is 19.9. The molecule has 0 bridgehead atoms. The molecule has 2 aromatic heterocycles. The molecule has 0 spiro atoms. The first kappa shape index (κ1) is 19.2. The van der Waals surface area contributed by atoms with Gasteiger partial charge in [0.1, 0.15) is 11.3 Å². The second kappa shape index (κ2) is 8.86. The first-order valence-corrected chi connectivity index (χ1v) is 8.30. The predicted octanol–water partition coefficient (Wildman–Crippen LogP) is 1.28. The number of ether oxygens (including phenoxy) is 1. The van der Waals surface area contributed by atoms with Crippen LogP contribution in [0.15, 0.2) is 30.6 Å². The number of carbonyl (C=O) groups is 2. The summed E-state index contributed by atoms with van der Waals surface area (Å²) in [7, 11) is 0. The average molecular weight is 388 g/mol. The number of hydrogen-bond donors (Lipinski definition) is 3. The van der Waals surface area contributed by atoms with Crippen LogP contribution in [0.2, 0.25) is 0 Å². The summed E-state index contributed by atoms with van der Waals surface area (Å²) < 4.78 is 19.0. The van der Waals surface area contributed by atoms with Crippen LogP contribution in [0, 0.1) is 5.82 Å². The molecule has 1 fully saturated rings. The molecule has 3 heterocycles. The number of nitrogens with zero attached hydrogens (tertiary/aromatic N) is 4. The molecule has 10 nitrogen and oxygen atoms in total. The number of H-pyrrole nitrogens is 1. The lowest BCUT2D eigenvalue weighted by Crippen LogP contribution is -2.37. The van der Waals surface area contributed by atoms with Crippen molar-refractivity contribution in [3.8, 4) is 0 Å². The maximum absolute atomic E-state index is 13.7. The van der Waals surface area contributed by atoms with E-state index < -0.39 is 11.7 Å². The standard InChI is InChI=1S/C16H15FN6O2.CH2O2/c17-12-3-1-2-11-13(12)21-22-14(11)20-15(24)10-8-18-16(19-9-10)23-4-6-25-7-5-23;2-1-3/h1-3,8-9H,4-7H2,(H2,20,21,22,24);1H,(H,2,3). The fraction of sp³-hybridized carbons (Fsp3) is 0.235. The lowest BCUT2D eigenvalue weighted by molar-refractivity contribution is -0.122. The van der Waals surface area contributed by atoms with Crippen molar-refractivity contribution in [2.75, 3.05) is 36.5 Å². The van der Waals surface area contributed by atoms with Gasteiger partial charge in [-0.05, 0) is 12.1 Å². The molecular weight excluding hydrogens is 371 g/mol. The Labute approximate surface area is 158 Å². The van der Waals surface area contributed by atoms with E-state index in [0.29, 0.717) is 30.1 Å². The number of fused-ring (bicyclic) bond motifs is 1. The zero-order valence-electron chi connectivity index (χ0n) is 14.6. The van der Waals surface area contributed by atoms with Crippen molar-refractivity contribution in [1.82, 2.24) is 20.2 Å². The van der Waals surface area contributed by atoms with Gasteiger partial charge >= 0.3 is 0 Å². The Morgan fingerprint density at radius 2 is 1.96 bits per heavy atom. The van der Waals surface area contributed by atoms with Gasteiger partial charge in [0.2, 0.25) is 5.95 Å². The van der Waals surface area contributed by atoms with E-state index in [9.17, 15) is 9.18 Å². The fourth-order valence-electron chi connectivity index (χ4n) is 2.65. The molecule has 0 atom stereocenters. The Morgan fingerprint density at radius 1 is 1.29 bits per heavy atom. The SMILES string of the molecule is O=C(Nc1n[nH]c2c(F)cccc12)c1cnc(N2CCOCC2)nc1.O=CO. The molecular formula is C17H17FN6O4. The van der Waals surface area contributed by atoms with E-state index in [1.165, 1.54) is 18.5 Å². The summed E-state index contributed by atoms with van der Waals surface area (Å²) in [6.45, 7) is 2.45. The largest absolute Gasteiger partial charge is 0.483 e. The quantitative estimate of drug-likeness (QED) is 0.572. The summed E-state index contributed by atoms with van der Waals surface area (Å²) in [5, 5.41) is 16.6. The number of carbonyl (C=O) groups excluding carboxylic acids is 1. The Kier molecular flexibility index (Phi) is 6.07. The molecule has 1 amide bonds. The number of benzene rings is 1. The maximum Gasteiger partial charge on any atom is 0.290 e. The van der Waals surface area contributed by atoms with Crippen LogP contribution < -0.4 is 10.2 Å². The molecule has 3 N–H and O–H groups in total. The van der Waals surface area contributed by atoms with Gasteiger partial charge in [-0.15, -0.1) is 0 Å². The predicted molar refractivity (Wildman–Crippen MR) is 97.8 cm³/mol. The van der Waals surface area contributed by atoms with E-state index in [-0.39, 0.29) is 17.8 Å². The van der Waals surface area contributed by atoms with Crippen molar-refractivity contribution >= 4 is 35.0 Å². The summed E-state index contributed by atoms with van der Waals surface area (Å²) in [6.07, 6.45) is 2.92. The van der Waals surface area contributed by atoms with Crippen LogP contribution in [-0.2, 0) is 9.53 Å². The van der Waals surface area contributed by atoms with Gasteiger partial charge < -0.3 is 20.1 Å². The lowest BCUT2D eigenvalue weighted by atomic mass is 10.2. The van der Waals surface area contributed by atoms with Crippen molar-refractivity contribution in [1.29, 1.82) is 0 Å². The van der Waals surface area contributed by atoms with Crippen molar-refractivity contribution in [2.45, 2.75) is 0 Å². The highest BCUT2D eigenvalue weighted by molar-refractivity contribution is 6.07. The van der Waals surface area contributed by atoms with E-state index in [4.69, 9.17) is 14.6 Å². The van der Waals surface area contributed by atoms with Crippen LogP contribution in [0.4, 0.5) is 16.2 Å². The normalized spacial score (nSPS) is 13.5. The van der Waals surface area contributed by atoms with Gasteiger partial charge in [-0.25, -0.2) is 14.4 Å². The third-order valence-corrected chi connectivity index (χ3v) is 3.97. The Bertz CT molecular complexity index is 956. The minimum Gasteiger partial charge on any atom is -0.483 e. The van der Waals surface area contributed by atoms with E-state index in [2.05, 4.69) is 25.5 Å². The number of halogens is 1. The molecule has 1 aromatic carbocycles. The maximum atomic E-state index is 13.7. The molecule has 0 saturated carbocycles. The first-order valence-electron chi connectivity index (χ1n) is 8.30. The molecule has 4 rings (SSSR count). The molecule has 28 heavy (non-hydrogen) atoms. The van der Waals surface area contributed by atoms with E-state index in [1.54, 1.807) is 12.1 Å². The topological polar surface area (TPSA) is 133 Å². The van der Waals surface area contributed by atoms with Gasteiger partial charge in [-0.2, -0.15) is 5.10 Å². The van der Waals surface area contributed by atoms with Crippen LogP contribution in [0.1, 0.15) is 10.4 Å². The fourth-order valence-corrected chi connectivity index (χ4v) is 2.65. The average Bonchev–Trinajstić information content (AvgIpc) is 3.13. The third-order valence-electron chi connectivity index (χ3n) is 3.97. The van der Waals surface area contributed by atoms with Crippen molar-refractivity contribution in [2.24, 2.45) is 0 Å². The number of nitrogens with one attached hydrogen (secondary N) is 2. The van der Waals surface area contributed by atoms with E-state index >= 15 is 0 Å². The van der Waals surface area contributed by atoms with Gasteiger partial charge in [0.05, 0.1) is 18.8 Å². The highest BCUT2D eigenvalue weighted by atomic mass is 19.1. The summed E-state index contributed by atoms with van der Waals surface area (Å²) in [5.41, 5.74) is 0.543.